The van der Waals surface area contributed by atoms with Gasteiger partial charge in [-0.1, -0.05) is 13.3 Å². The predicted molar refractivity (Wildman–Crippen MR) is 54.4 cm³/mol. The highest BCUT2D eigenvalue weighted by Crippen LogP contribution is 2.26. The molecule has 0 aliphatic carbocycles. The highest BCUT2D eigenvalue weighted by molar-refractivity contribution is 4.85. The van der Waals surface area contributed by atoms with Gasteiger partial charge in [0.05, 0.1) is 0 Å². The molecule has 0 N–H and O–H groups in total. The maximum atomic E-state index is 2.68. The van der Waals surface area contributed by atoms with E-state index in [2.05, 4.69) is 32.6 Å². The van der Waals surface area contributed by atoms with E-state index in [-0.39, 0.29) is 0 Å². The summed E-state index contributed by atoms with van der Waals surface area (Å²) in [5.74, 6) is 0. The molecule has 12 heavy (non-hydrogen) atoms. The standard InChI is InChI=1S/C11H23N/c1-5-10-8-6-7-9-12(10)11(2,3)4/h10H,5-9H2,1-4H3. The van der Waals surface area contributed by atoms with Crippen LogP contribution in [0.2, 0.25) is 0 Å². The third-order valence-corrected chi connectivity index (χ3v) is 2.96. The quantitative estimate of drug-likeness (QED) is 0.583. The highest BCUT2D eigenvalue weighted by atomic mass is 15.2. The number of likely N-dealkylation sites (tertiary alicyclic amines) is 1. The Morgan fingerprint density at radius 2 is 1.92 bits per heavy atom. The van der Waals surface area contributed by atoms with Crippen LogP contribution in [0.3, 0.4) is 0 Å². The number of nitrogens with zero attached hydrogens (tertiary/aromatic N) is 1. The van der Waals surface area contributed by atoms with Crippen molar-refractivity contribution in [3.8, 4) is 0 Å². The molecule has 0 bridgehead atoms. The average Bonchev–Trinajstić information content (AvgIpc) is 2.03. The maximum Gasteiger partial charge on any atom is 0.0127 e. The molecule has 0 aromatic heterocycles. The van der Waals surface area contributed by atoms with Crippen molar-refractivity contribution in [3.63, 3.8) is 0 Å². The van der Waals surface area contributed by atoms with Crippen molar-refractivity contribution >= 4 is 0 Å². The van der Waals surface area contributed by atoms with Crippen LogP contribution in [0.4, 0.5) is 0 Å². The molecule has 1 unspecified atom stereocenters. The first-order chi connectivity index (χ1) is 5.55. The fourth-order valence-corrected chi connectivity index (χ4v) is 2.31. The third kappa shape index (κ3) is 2.22. The summed E-state index contributed by atoms with van der Waals surface area (Å²) in [7, 11) is 0. The van der Waals surface area contributed by atoms with Gasteiger partial charge in [-0.05, 0) is 46.6 Å². The van der Waals surface area contributed by atoms with Crippen LogP contribution in [-0.2, 0) is 0 Å². The second-order valence-electron chi connectivity index (χ2n) is 4.92. The smallest absolute Gasteiger partial charge is 0.0127 e. The van der Waals surface area contributed by atoms with Gasteiger partial charge in [0.15, 0.2) is 0 Å². The molecule has 1 atom stereocenters. The van der Waals surface area contributed by atoms with E-state index in [1.165, 1.54) is 32.2 Å². The summed E-state index contributed by atoms with van der Waals surface area (Å²) < 4.78 is 0. The fraction of sp³-hybridized carbons (Fsp3) is 1.00. The Labute approximate surface area is 77.1 Å². The third-order valence-electron chi connectivity index (χ3n) is 2.96. The zero-order chi connectivity index (χ0) is 9.19. The molecule has 0 saturated carbocycles. The Bertz CT molecular complexity index is 134. The van der Waals surface area contributed by atoms with Crippen LogP contribution >= 0.6 is 0 Å². The van der Waals surface area contributed by atoms with Crippen LogP contribution in [0.1, 0.15) is 53.4 Å². The molecule has 1 fully saturated rings. The second kappa shape index (κ2) is 3.78. The van der Waals surface area contributed by atoms with Gasteiger partial charge in [-0.25, -0.2) is 0 Å². The molecule has 1 aliphatic rings. The molecule has 1 heterocycles. The van der Waals surface area contributed by atoms with Crippen LogP contribution < -0.4 is 0 Å². The summed E-state index contributed by atoms with van der Waals surface area (Å²) in [5.41, 5.74) is 0.376. The van der Waals surface area contributed by atoms with Gasteiger partial charge in [-0.2, -0.15) is 0 Å². The minimum absolute atomic E-state index is 0.376. The lowest BCUT2D eigenvalue weighted by Gasteiger charge is -2.44. The fourth-order valence-electron chi connectivity index (χ4n) is 2.31. The predicted octanol–water partition coefficient (Wildman–Crippen LogP) is 3.05. The molecular weight excluding hydrogens is 146 g/mol. The normalized spacial score (nSPS) is 27.5. The largest absolute Gasteiger partial charge is 0.296 e. The van der Waals surface area contributed by atoms with Crippen LogP contribution in [0, 0.1) is 0 Å². The van der Waals surface area contributed by atoms with Crippen molar-refractivity contribution in [1.82, 2.24) is 4.90 Å². The topological polar surface area (TPSA) is 3.24 Å². The van der Waals surface area contributed by atoms with Crippen LogP contribution in [-0.4, -0.2) is 23.0 Å². The Balaban J connectivity index is 2.59. The lowest BCUT2D eigenvalue weighted by Crippen LogP contribution is -2.50. The van der Waals surface area contributed by atoms with Gasteiger partial charge in [0.1, 0.15) is 0 Å². The van der Waals surface area contributed by atoms with Gasteiger partial charge in [0, 0.05) is 11.6 Å². The van der Waals surface area contributed by atoms with E-state index in [0.717, 1.165) is 6.04 Å². The monoisotopic (exact) mass is 169 g/mol. The molecule has 0 radical (unpaired) electrons. The van der Waals surface area contributed by atoms with Crippen LogP contribution in [0.5, 0.6) is 0 Å². The van der Waals surface area contributed by atoms with Gasteiger partial charge in [-0.3, -0.25) is 4.90 Å². The minimum Gasteiger partial charge on any atom is -0.296 e. The molecule has 0 aromatic rings. The van der Waals surface area contributed by atoms with Crippen molar-refractivity contribution in [2.75, 3.05) is 6.54 Å². The summed E-state index contributed by atoms with van der Waals surface area (Å²) in [5, 5.41) is 0. The molecule has 0 aromatic carbocycles. The highest BCUT2D eigenvalue weighted by Gasteiger charge is 2.29. The summed E-state index contributed by atoms with van der Waals surface area (Å²) >= 11 is 0. The molecular formula is C11H23N. The summed E-state index contributed by atoms with van der Waals surface area (Å²) in [4.78, 5) is 2.68. The average molecular weight is 169 g/mol. The van der Waals surface area contributed by atoms with E-state index in [1.807, 2.05) is 0 Å². The summed E-state index contributed by atoms with van der Waals surface area (Å²) in [6.45, 7) is 10.6. The summed E-state index contributed by atoms with van der Waals surface area (Å²) in [6, 6.07) is 0.846. The lowest BCUT2D eigenvalue weighted by atomic mass is 9.93. The first-order valence-electron chi connectivity index (χ1n) is 5.32. The van der Waals surface area contributed by atoms with E-state index in [0.29, 0.717) is 5.54 Å². The van der Waals surface area contributed by atoms with Crippen LogP contribution in [0.25, 0.3) is 0 Å². The zero-order valence-corrected chi connectivity index (χ0v) is 9.06. The van der Waals surface area contributed by atoms with E-state index < -0.39 is 0 Å². The van der Waals surface area contributed by atoms with Gasteiger partial charge < -0.3 is 0 Å². The zero-order valence-electron chi connectivity index (χ0n) is 9.06. The Hall–Kier alpha value is -0.0400. The Morgan fingerprint density at radius 3 is 2.33 bits per heavy atom. The maximum absolute atomic E-state index is 2.68. The van der Waals surface area contributed by atoms with E-state index >= 15 is 0 Å². The minimum atomic E-state index is 0.376. The number of rotatable bonds is 1. The molecule has 1 saturated heterocycles. The van der Waals surface area contributed by atoms with Gasteiger partial charge >= 0.3 is 0 Å². The van der Waals surface area contributed by atoms with Gasteiger partial charge in [0.2, 0.25) is 0 Å². The lowest BCUT2D eigenvalue weighted by molar-refractivity contribution is 0.0496. The number of piperidine rings is 1. The second-order valence-corrected chi connectivity index (χ2v) is 4.92. The van der Waals surface area contributed by atoms with E-state index in [4.69, 9.17) is 0 Å². The van der Waals surface area contributed by atoms with E-state index in [9.17, 15) is 0 Å². The van der Waals surface area contributed by atoms with Crippen molar-refractivity contribution in [2.45, 2.75) is 65.0 Å². The molecule has 0 amide bonds. The molecule has 1 heteroatoms. The first-order valence-corrected chi connectivity index (χ1v) is 5.32. The molecule has 1 nitrogen and oxygen atoms in total. The van der Waals surface area contributed by atoms with Crippen LogP contribution in [0.15, 0.2) is 0 Å². The Morgan fingerprint density at radius 1 is 1.25 bits per heavy atom. The molecule has 72 valence electrons. The Kier molecular flexibility index (Phi) is 3.16. The number of hydrogen-bond donors (Lipinski definition) is 0. The molecule has 1 aliphatic heterocycles. The van der Waals surface area contributed by atoms with Gasteiger partial charge in [0.25, 0.3) is 0 Å². The van der Waals surface area contributed by atoms with Crippen molar-refractivity contribution in [1.29, 1.82) is 0 Å². The molecule has 1 rings (SSSR count). The van der Waals surface area contributed by atoms with Crippen molar-refractivity contribution in [3.05, 3.63) is 0 Å². The van der Waals surface area contributed by atoms with Crippen molar-refractivity contribution < 1.29 is 0 Å². The van der Waals surface area contributed by atoms with Gasteiger partial charge in [-0.15, -0.1) is 0 Å². The summed E-state index contributed by atoms with van der Waals surface area (Å²) in [6.07, 6.45) is 5.56. The molecule has 0 spiro atoms. The number of hydrogen-bond acceptors (Lipinski definition) is 1. The van der Waals surface area contributed by atoms with Crippen molar-refractivity contribution in [2.24, 2.45) is 0 Å². The van der Waals surface area contributed by atoms with E-state index in [1.54, 1.807) is 0 Å². The SMILES string of the molecule is CCC1CCCCN1C(C)(C)C. The first kappa shape index (κ1) is 10.0.